The van der Waals surface area contributed by atoms with Crippen molar-refractivity contribution in [2.24, 2.45) is 0 Å². The number of carbonyl (C=O) groups excluding carboxylic acids is 1. The van der Waals surface area contributed by atoms with E-state index in [4.69, 9.17) is 0 Å². The van der Waals surface area contributed by atoms with Crippen molar-refractivity contribution in [2.75, 3.05) is 12.3 Å². The molecule has 0 unspecified atom stereocenters. The average molecular weight is 279 g/mol. The molecule has 1 N–H and O–H groups in total. The second-order valence-corrected chi connectivity index (χ2v) is 4.46. The van der Waals surface area contributed by atoms with Crippen LogP contribution in [0.15, 0.2) is 30.3 Å². The zero-order chi connectivity index (χ0) is 13.8. The molecule has 6 heteroatoms. The Bertz CT molecular complexity index is 597. The van der Waals surface area contributed by atoms with E-state index in [-0.39, 0.29) is 17.4 Å². The minimum Gasteiger partial charge on any atom is -0.350 e. The fourth-order valence-electron chi connectivity index (χ4n) is 1.71. The highest BCUT2D eigenvalue weighted by molar-refractivity contribution is 7.80. The molecule has 0 fully saturated rings. The van der Waals surface area contributed by atoms with E-state index in [1.54, 1.807) is 31.2 Å². The number of para-hydroxylation sites is 1. The first-order chi connectivity index (χ1) is 9.13. The van der Waals surface area contributed by atoms with Crippen LogP contribution >= 0.6 is 12.6 Å². The third-order valence-corrected chi connectivity index (χ3v) is 2.82. The lowest BCUT2D eigenvalue weighted by Gasteiger charge is -2.04. The summed E-state index contributed by atoms with van der Waals surface area (Å²) in [5, 5.41) is 6.80. The Morgan fingerprint density at radius 2 is 2.21 bits per heavy atom. The van der Waals surface area contributed by atoms with E-state index in [1.165, 1.54) is 10.7 Å². The maximum absolute atomic E-state index is 13.7. The van der Waals surface area contributed by atoms with Crippen molar-refractivity contribution in [2.45, 2.75) is 6.92 Å². The molecule has 4 nitrogen and oxygen atoms in total. The lowest BCUT2D eigenvalue weighted by molar-refractivity contribution is 0.0951. The van der Waals surface area contributed by atoms with Crippen LogP contribution in [0, 0.1) is 12.7 Å². The predicted molar refractivity (Wildman–Crippen MR) is 74.4 cm³/mol. The molecule has 1 amide bonds. The summed E-state index contributed by atoms with van der Waals surface area (Å²) in [5.41, 5.74) is 1.29. The highest BCUT2D eigenvalue weighted by Crippen LogP contribution is 2.15. The Kier molecular flexibility index (Phi) is 4.21. The van der Waals surface area contributed by atoms with Gasteiger partial charge in [-0.25, -0.2) is 9.07 Å². The van der Waals surface area contributed by atoms with Crippen LogP contribution in [-0.2, 0) is 0 Å². The number of aromatic nitrogens is 2. The standard InChI is InChI=1S/C13H14FN3OS/c1-9-8-11(13(18)15-6-7-19)16-17(9)12-5-3-2-4-10(12)14/h2-5,8,19H,6-7H2,1H3,(H,15,18). The van der Waals surface area contributed by atoms with E-state index in [9.17, 15) is 9.18 Å². The number of hydrogen-bond acceptors (Lipinski definition) is 3. The normalized spacial score (nSPS) is 10.5. The molecule has 0 aliphatic carbocycles. The first-order valence-electron chi connectivity index (χ1n) is 5.84. The molecule has 0 radical (unpaired) electrons. The molecule has 0 saturated carbocycles. The first-order valence-corrected chi connectivity index (χ1v) is 6.47. The van der Waals surface area contributed by atoms with Gasteiger partial charge in [0.1, 0.15) is 11.5 Å². The molecule has 1 heterocycles. The minimum atomic E-state index is -0.379. The summed E-state index contributed by atoms with van der Waals surface area (Å²) in [4.78, 5) is 11.8. The molecule has 0 saturated heterocycles. The zero-order valence-electron chi connectivity index (χ0n) is 10.4. The molecule has 19 heavy (non-hydrogen) atoms. The predicted octanol–water partition coefficient (Wildman–Crippen LogP) is 1.98. The molecule has 0 bridgehead atoms. The Morgan fingerprint density at radius 3 is 2.89 bits per heavy atom. The van der Waals surface area contributed by atoms with Gasteiger partial charge in [0.15, 0.2) is 5.69 Å². The van der Waals surface area contributed by atoms with Gasteiger partial charge in [-0.15, -0.1) is 0 Å². The van der Waals surface area contributed by atoms with Crippen LogP contribution in [-0.4, -0.2) is 28.0 Å². The van der Waals surface area contributed by atoms with Crippen molar-refractivity contribution >= 4 is 18.5 Å². The Labute approximate surface area is 116 Å². The highest BCUT2D eigenvalue weighted by Gasteiger charge is 2.14. The zero-order valence-corrected chi connectivity index (χ0v) is 11.3. The Hall–Kier alpha value is -1.82. The highest BCUT2D eigenvalue weighted by atomic mass is 32.1. The smallest absolute Gasteiger partial charge is 0.271 e. The van der Waals surface area contributed by atoms with Crippen molar-refractivity contribution in [1.29, 1.82) is 0 Å². The van der Waals surface area contributed by atoms with Crippen molar-refractivity contribution in [1.82, 2.24) is 15.1 Å². The van der Waals surface area contributed by atoms with E-state index in [1.807, 2.05) is 0 Å². The number of rotatable bonds is 4. The average Bonchev–Trinajstić information content (AvgIpc) is 2.78. The summed E-state index contributed by atoms with van der Waals surface area (Å²) >= 11 is 4.01. The van der Waals surface area contributed by atoms with Gasteiger partial charge in [-0.1, -0.05) is 12.1 Å². The third kappa shape index (κ3) is 2.96. The van der Waals surface area contributed by atoms with Gasteiger partial charge in [0.2, 0.25) is 0 Å². The maximum atomic E-state index is 13.7. The van der Waals surface area contributed by atoms with Gasteiger partial charge < -0.3 is 5.32 Å². The van der Waals surface area contributed by atoms with Crippen molar-refractivity contribution < 1.29 is 9.18 Å². The van der Waals surface area contributed by atoms with Crippen LogP contribution in [0.2, 0.25) is 0 Å². The van der Waals surface area contributed by atoms with Crippen LogP contribution < -0.4 is 5.32 Å². The van der Waals surface area contributed by atoms with E-state index < -0.39 is 0 Å². The molecule has 2 rings (SSSR count). The second kappa shape index (κ2) is 5.88. The molecular formula is C13H14FN3OS. The van der Waals surface area contributed by atoms with Gasteiger partial charge in [-0.3, -0.25) is 4.79 Å². The molecule has 100 valence electrons. The maximum Gasteiger partial charge on any atom is 0.271 e. The summed E-state index contributed by atoms with van der Waals surface area (Å²) < 4.78 is 15.1. The second-order valence-electron chi connectivity index (χ2n) is 4.01. The van der Waals surface area contributed by atoms with Gasteiger partial charge in [0.25, 0.3) is 5.91 Å². The number of thiol groups is 1. The summed E-state index contributed by atoms with van der Waals surface area (Å²) in [5.74, 6) is -0.109. The first kappa shape index (κ1) is 13.6. The lowest BCUT2D eigenvalue weighted by Crippen LogP contribution is -2.25. The minimum absolute atomic E-state index is 0.266. The number of aryl methyl sites for hydroxylation is 1. The number of halogens is 1. The molecule has 1 aromatic heterocycles. The number of carbonyl (C=O) groups is 1. The van der Waals surface area contributed by atoms with Crippen LogP contribution in [0.25, 0.3) is 5.69 Å². The fraction of sp³-hybridized carbons (Fsp3) is 0.231. The van der Waals surface area contributed by atoms with Gasteiger partial charge >= 0.3 is 0 Å². The van der Waals surface area contributed by atoms with E-state index >= 15 is 0 Å². The molecule has 0 spiro atoms. The topological polar surface area (TPSA) is 46.9 Å². The summed E-state index contributed by atoms with van der Waals surface area (Å²) in [6.45, 7) is 2.24. The number of nitrogens with zero attached hydrogens (tertiary/aromatic N) is 2. The summed E-state index contributed by atoms with van der Waals surface area (Å²) in [6, 6.07) is 7.93. The van der Waals surface area contributed by atoms with E-state index in [2.05, 4.69) is 23.0 Å². The number of hydrogen-bond donors (Lipinski definition) is 2. The fourth-order valence-corrected chi connectivity index (χ4v) is 1.82. The van der Waals surface area contributed by atoms with Gasteiger partial charge in [0, 0.05) is 18.0 Å². The van der Waals surface area contributed by atoms with Crippen molar-refractivity contribution in [3.05, 3.63) is 47.5 Å². The van der Waals surface area contributed by atoms with Crippen LogP contribution in [0.3, 0.4) is 0 Å². The summed E-state index contributed by atoms with van der Waals surface area (Å²) in [6.07, 6.45) is 0. The number of nitrogens with one attached hydrogen (secondary N) is 1. The SMILES string of the molecule is Cc1cc(C(=O)NCCS)nn1-c1ccccc1F. The Morgan fingerprint density at radius 1 is 1.47 bits per heavy atom. The largest absolute Gasteiger partial charge is 0.350 e. The van der Waals surface area contributed by atoms with Crippen LogP contribution in [0.4, 0.5) is 4.39 Å². The molecule has 0 aliphatic heterocycles. The van der Waals surface area contributed by atoms with E-state index in [0.717, 1.165) is 0 Å². The van der Waals surface area contributed by atoms with Crippen molar-refractivity contribution in [3.63, 3.8) is 0 Å². The quantitative estimate of drug-likeness (QED) is 0.841. The van der Waals surface area contributed by atoms with Crippen molar-refractivity contribution in [3.8, 4) is 5.69 Å². The molecule has 1 aromatic carbocycles. The number of benzene rings is 1. The Balaban J connectivity index is 2.32. The molecule has 0 aliphatic rings. The lowest BCUT2D eigenvalue weighted by atomic mass is 10.3. The number of amides is 1. The van der Waals surface area contributed by atoms with Gasteiger partial charge in [-0.2, -0.15) is 17.7 Å². The molecule has 0 atom stereocenters. The molecule has 2 aromatic rings. The van der Waals surface area contributed by atoms with Gasteiger partial charge in [-0.05, 0) is 25.1 Å². The van der Waals surface area contributed by atoms with Crippen LogP contribution in [0.5, 0.6) is 0 Å². The third-order valence-electron chi connectivity index (χ3n) is 2.60. The summed E-state index contributed by atoms with van der Waals surface area (Å²) in [7, 11) is 0. The monoisotopic (exact) mass is 279 g/mol. The van der Waals surface area contributed by atoms with Gasteiger partial charge in [0.05, 0.1) is 0 Å². The molecular weight excluding hydrogens is 265 g/mol. The van der Waals surface area contributed by atoms with Crippen LogP contribution in [0.1, 0.15) is 16.2 Å². The van der Waals surface area contributed by atoms with E-state index in [0.29, 0.717) is 23.7 Å².